The van der Waals surface area contributed by atoms with Crippen molar-refractivity contribution in [2.24, 2.45) is 0 Å². The van der Waals surface area contributed by atoms with E-state index in [1.807, 2.05) is 50.2 Å². The van der Waals surface area contributed by atoms with Crippen molar-refractivity contribution in [3.05, 3.63) is 101 Å². The number of sulfone groups is 1. The van der Waals surface area contributed by atoms with Gasteiger partial charge < -0.3 is 14.5 Å². The number of aromatic nitrogens is 2. The van der Waals surface area contributed by atoms with Crippen molar-refractivity contribution >= 4 is 43.8 Å². The van der Waals surface area contributed by atoms with Crippen LogP contribution in [0.2, 0.25) is 5.02 Å². The van der Waals surface area contributed by atoms with Crippen LogP contribution >= 0.6 is 11.6 Å². The molecule has 5 rings (SSSR count). The van der Waals surface area contributed by atoms with E-state index >= 15 is 0 Å². The zero-order chi connectivity index (χ0) is 30.6. The van der Waals surface area contributed by atoms with Gasteiger partial charge in [-0.25, -0.2) is 22.8 Å². The van der Waals surface area contributed by atoms with Crippen LogP contribution in [-0.4, -0.2) is 48.4 Å². The summed E-state index contributed by atoms with van der Waals surface area (Å²) in [5, 5.41) is 4.46. The summed E-state index contributed by atoms with van der Waals surface area (Å²) in [7, 11) is -3.24. The molecule has 224 valence electrons. The van der Waals surface area contributed by atoms with Crippen molar-refractivity contribution in [1.29, 1.82) is 0 Å². The molecule has 0 aliphatic heterocycles. The summed E-state index contributed by atoms with van der Waals surface area (Å²) in [4.78, 5) is 10.9. The molecule has 1 N–H and O–H groups in total. The Bertz CT molecular complexity index is 1840. The zero-order valence-electron chi connectivity index (χ0n) is 24.1. The standard InChI is InChI=1S/C32H32ClFN4O4S/c1-4-38(5-2)28(19-43(3,39)40)31-14-13-29(42-31)22-9-11-27-25(16-22)32(36-20-35-27)37-24-10-12-30(26(33)17-24)41-18-21-7-6-8-23(34)15-21/h6-17,20,28H,4-5,18-19H2,1-3H3,(H,35,36,37)/t28-/m0/s1. The summed E-state index contributed by atoms with van der Waals surface area (Å²) < 4.78 is 49.9. The van der Waals surface area contributed by atoms with E-state index in [2.05, 4.69) is 20.2 Å². The smallest absolute Gasteiger partial charge is 0.149 e. The lowest BCUT2D eigenvalue weighted by Crippen LogP contribution is -2.32. The number of furan rings is 1. The van der Waals surface area contributed by atoms with Crippen LogP contribution in [0.1, 0.15) is 31.2 Å². The van der Waals surface area contributed by atoms with E-state index in [1.54, 1.807) is 24.3 Å². The highest BCUT2D eigenvalue weighted by atomic mass is 35.5. The lowest BCUT2D eigenvalue weighted by atomic mass is 10.1. The summed E-state index contributed by atoms with van der Waals surface area (Å²) >= 11 is 6.50. The average molecular weight is 623 g/mol. The number of halogens is 2. The van der Waals surface area contributed by atoms with E-state index in [9.17, 15) is 12.8 Å². The van der Waals surface area contributed by atoms with Gasteiger partial charge in [0.25, 0.3) is 0 Å². The molecular formula is C32H32ClFN4O4S. The number of rotatable bonds is 12. The quantitative estimate of drug-likeness (QED) is 0.153. The predicted octanol–water partition coefficient (Wildman–Crippen LogP) is 7.43. The molecular weight excluding hydrogens is 591 g/mol. The third kappa shape index (κ3) is 7.51. The molecule has 2 aromatic heterocycles. The Hall–Kier alpha value is -3.99. The van der Waals surface area contributed by atoms with Crippen LogP contribution < -0.4 is 10.1 Å². The van der Waals surface area contributed by atoms with E-state index in [-0.39, 0.29) is 24.2 Å². The minimum Gasteiger partial charge on any atom is -0.487 e. The van der Waals surface area contributed by atoms with Crippen molar-refractivity contribution in [3.8, 4) is 17.1 Å². The van der Waals surface area contributed by atoms with E-state index < -0.39 is 9.84 Å². The number of anilines is 2. The first-order valence-corrected chi connectivity index (χ1v) is 16.3. The highest BCUT2D eigenvalue weighted by Gasteiger charge is 2.26. The molecule has 0 radical (unpaired) electrons. The Morgan fingerprint density at radius 2 is 1.84 bits per heavy atom. The molecule has 11 heteroatoms. The number of benzene rings is 3. The van der Waals surface area contributed by atoms with Gasteiger partial charge in [-0.15, -0.1) is 0 Å². The fourth-order valence-electron chi connectivity index (χ4n) is 4.94. The number of nitrogens with one attached hydrogen (secondary N) is 1. The van der Waals surface area contributed by atoms with E-state index in [4.69, 9.17) is 20.8 Å². The van der Waals surface area contributed by atoms with Gasteiger partial charge in [-0.05, 0) is 79.3 Å². The maximum Gasteiger partial charge on any atom is 0.149 e. The van der Waals surface area contributed by atoms with Crippen molar-refractivity contribution in [1.82, 2.24) is 14.9 Å². The Kier molecular flexibility index (Phi) is 9.29. The largest absolute Gasteiger partial charge is 0.487 e. The van der Waals surface area contributed by atoms with Crippen molar-refractivity contribution in [2.75, 3.05) is 30.4 Å². The molecule has 0 bridgehead atoms. The number of hydrogen-bond donors (Lipinski definition) is 1. The van der Waals surface area contributed by atoms with Crippen molar-refractivity contribution < 1.29 is 22.0 Å². The molecule has 1 atom stereocenters. The molecule has 3 aromatic carbocycles. The van der Waals surface area contributed by atoms with Crippen LogP contribution in [0, 0.1) is 5.82 Å². The first kappa shape index (κ1) is 30.5. The maximum atomic E-state index is 13.5. The van der Waals surface area contributed by atoms with Crippen LogP contribution in [0.3, 0.4) is 0 Å². The Balaban J connectivity index is 1.38. The van der Waals surface area contributed by atoms with Crippen LogP contribution in [0.15, 0.2) is 83.5 Å². The molecule has 8 nitrogen and oxygen atoms in total. The topological polar surface area (TPSA) is 97.6 Å². The van der Waals surface area contributed by atoms with Crippen LogP contribution in [-0.2, 0) is 16.4 Å². The molecule has 43 heavy (non-hydrogen) atoms. The SMILES string of the molecule is CCN(CC)[C@@H](CS(C)(=O)=O)c1ccc(-c2ccc3ncnc(Nc4ccc(OCc5cccc(F)c5)c(Cl)c4)c3c2)o1. The summed E-state index contributed by atoms with van der Waals surface area (Å²) in [6.07, 6.45) is 2.72. The van der Waals surface area contributed by atoms with Gasteiger partial charge in [-0.1, -0.05) is 37.6 Å². The maximum absolute atomic E-state index is 13.5. The molecule has 0 saturated carbocycles. The second kappa shape index (κ2) is 13.1. The van der Waals surface area contributed by atoms with Gasteiger partial charge in [-0.3, -0.25) is 4.90 Å². The van der Waals surface area contributed by atoms with Crippen molar-refractivity contribution in [3.63, 3.8) is 0 Å². The molecule has 0 spiro atoms. The molecule has 2 heterocycles. The Morgan fingerprint density at radius 1 is 1.02 bits per heavy atom. The number of fused-ring (bicyclic) bond motifs is 1. The van der Waals surface area contributed by atoms with E-state index in [0.29, 0.717) is 52.5 Å². The number of ether oxygens (including phenoxy) is 1. The summed E-state index contributed by atoms with van der Waals surface area (Å²) in [6.45, 7) is 5.57. The monoisotopic (exact) mass is 622 g/mol. The van der Waals surface area contributed by atoms with Crippen LogP contribution in [0.25, 0.3) is 22.2 Å². The van der Waals surface area contributed by atoms with Gasteiger partial charge >= 0.3 is 0 Å². The molecule has 0 aliphatic carbocycles. The molecule has 5 aromatic rings. The Morgan fingerprint density at radius 3 is 2.56 bits per heavy atom. The molecule has 0 saturated heterocycles. The Labute approximate surface area is 255 Å². The summed E-state index contributed by atoms with van der Waals surface area (Å²) in [6, 6.07) is 20.5. The molecule has 0 aliphatic rings. The highest BCUT2D eigenvalue weighted by molar-refractivity contribution is 7.90. The third-order valence-electron chi connectivity index (χ3n) is 7.07. The van der Waals surface area contributed by atoms with Gasteiger partial charge in [0.2, 0.25) is 0 Å². The van der Waals surface area contributed by atoms with Gasteiger partial charge in [0.15, 0.2) is 0 Å². The third-order valence-corrected chi connectivity index (χ3v) is 8.28. The predicted molar refractivity (Wildman–Crippen MR) is 168 cm³/mol. The molecule has 0 amide bonds. The lowest BCUT2D eigenvalue weighted by Gasteiger charge is -2.27. The first-order chi connectivity index (χ1) is 20.6. The minimum atomic E-state index is -3.24. The van der Waals surface area contributed by atoms with Gasteiger partial charge in [0.1, 0.15) is 51.7 Å². The molecule has 0 unspecified atom stereocenters. The second-order valence-electron chi connectivity index (χ2n) is 10.2. The summed E-state index contributed by atoms with van der Waals surface area (Å²) in [5.41, 5.74) is 2.92. The van der Waals surface area contributed by atoms with Crippen LogP contribution in [0.5, 0.6) is 5.75 Å². The van der Waals surface area contributed by atoms with E-state index in [0.717, 1.165) is 16.5 Å². The fraction of sp³-hybridized carbons (Fsp3) is 0.250. The zero-order valence-corrected chi connectivity index (χ0v) is 25.6. The van der Waals surface area contributed by atoms with Gasteiger partial charge in [-0.2, -0.15) is 0 Å². The summed E-state index contributed by atoms with van der Waals surface area (Å²) in [5.74, 6) is 1.90. The van der Waals surface area contributed by atoms with Gasteiger partial charge in [0.05, 0.1) is 22.3 Å². The van der Waals surface area contributed by atoms with Crippen LogP contribution in [0.4, 0.5) is 15.9 Å². The highest BCUT2D eigenvalue weighted by Crippen LogP contribution is 2.34. The second-order valence-corrected chi connectivity index (χ2v) is 12.8. The number of nitrogens with zero attached hydrogens (tertiary/aromatic N) is 3. The molecule has 0 fully saturated rings. The fourth-order valence-corrected chi connectivity index (χ4v) is 6.12. The lowest BCUT2D eigenvalue weighted by molar-refractivity contribution is 0.210. The minimum absolute atomic E-state index is 0.0293. The van der Waals surface area contributed by atoms with Gasteiger partial charge in [0, 0.05) is 22.9 Å². The van der Waals surface area contributed by atoms with Crippen molar-refractivity contribution in [2.45, 2.75) is 26.5 Å². The normalized spacial score (nSPS) is 12.5. The van der Waals surface area contributed by atoms with E-state index in [1.165, 1.54) is 24.7 Å². The first-order valence-electron chi connectivity index (χ1n) is 13.8. The number of hydrogen-bond acceptors (Lipinski definition) is 8. The average Bonchev–Trinajstić information content (AvgIpc) is 3.47.